The first-order valence-electron chi connectivity index (χ1n) is 10.3. The molecule has 1 aliphatic heterocycles. The maximum Gasteiger partial charge on any atom is 0.246 e. The number of hydrogen-bond donors (Lipinski definition) is 0. The fourth-order valence-corrected chi connectivity index (χ4v) is 4.43. The van der Waals surface area contributed by atoms with Crippen LogP contribution in [0.15, 0.2) is 53.6 Å². The quantitative estimate of drug-likeness (QED) is 0.682. The second-order valence-electron chi connectivity index (χ2n) is 7.74. The van der Waals surface area contributed by atoms with Gasteiger partial charge in [0.05, 0.1) is 19.9 Å². The van der Waals surface area contributed by atoms with Gasteiger partial charge in [-0.3, -0.25) is 9.59 Å². The summed E-state index contributed by atoms with van der Waals surface area (Å²) in [5.41, 5.74) is 2.33. The van der Waals surface area contributed by atoms with E-state index in [-0.39, 0.29) is 30.1 Å². The number of nitrogens with zero attached hydrogens (tertiary/aromatic N) is 2. The first kappa shape index (κ1) is 20.1. The number of benzene rings is 2. The third-order valence-electron chi connectivity index (χ3n) is 5.99. The number of carbonyl (C=O) groups is 2. The summed E-state index contributed by atoms with van der Waals surface area (Å²) in [6.07, 6.45) is 3.84. The third-order valence-corrected chi connectivity index (χ3v) is 5.99. The molecule has 1 heterocycles. The first-order chi connectivity index (χ1) is 14.6. The van der Waals surface area contributed by atoms with Gasteiger partial charge >= 0.3 is 0 Å². The minimum atomic E-state index is -0.136. The summed E-state index contributed by atoms with van der Waals surface area (Å²) in [5.74, 6) is 1.02. The van der Waals surface area contributed by atoms with E-state index in [1.807, 2.05) is 36.4 Å². The molecule has 2 aliphatic rings. The summed E-state index contributed by atoms with van der Waals surface area (Å²) in [7, 11) is 3.20. The summed E-state index contributed by atoms with van der Waals surface area (Å²) in [6.45, 7) is -0.0527. The molecule has 0 radical (unpaired) electrons. The van der Waals surface area contributed by atoms with Crippen molar-refractivity contribution in [3.8, 4) is 11.5 Å². The van der Waals surface area contributed by atoms with Crippen molar-refractivity contribution in [3.63, 3.8) is 0 Å². The number of rotatable bonds is 6. The number of carbonyl (C=O) groups excluding carboxylic acids is 2. The van der Waals surface area contributed by atoms with Gasteiger partial charge < -0.3 is 9.47 Å². The van der Waals surface area contributed by atoms with Gasteiger partial charge in [-0.15, -0.1) is 0 Å². The van der Waals surface area contributed by atoms with Crippen LogP contribution in [-0.2, 0) is 4.79 Å². The maximum atomic E-state index is 13.1. The highest BCUT2D eigenvalue weighted by Crippen LogP contribution is 2.39. The van der Waals surface area contributed by atoms with Crippen molar-refractivity contribution in [3.05, 3.63) is 59.7 Å². The molecule has 2 aromatic rings. The van der Waals surface area contributed by atoms with E-state index < -0.39 is 0 Å². The van der Waals surface area contributed by atoms with E-state index in [1.165, 1.54) is 5.01 Å². The van der Waals surface area contributed by atoms with Gasteiger partial charge in [0.25, 0.3) is 0 Å². The molecule has 1 saturated carbocycles. The predicted octanol–water partition coefficient (Wildman–Crippen LogP) is 3.94. The maximum absolute atomic E-state index is 13.1. The Morgan fingerprint density at radius 2 is 1.70 bits per heavy atom. The average molecular weight is 406 g/mol. The highest BCUT2D eigenvalue weighted by atomic mass is 16.5. The molecule has 2 atom stereocenters. The van der Waals surface area contributed by atoms with Gasteiger partial charge in [0.1, 0.15) is 6.54 Å². The van der Waals surface area contributed by atoms with Crippen LogP contribution in [0.4, 0.5) is 0 Å². The lowest BCUT2D eigenvalue weighted by Crippen LogP contribution is -2.47. The highest BCUT2D eigenvalue weighted by Gasteiger charge is 2.41. The number of fused-ring (bicyclic) bond motifs is 1. The Balaban J connectivity index is 1.70. The van der Waals surface area contributed by atoms with Crippen LogP contribution < -0.4 is 9.47 Å². The molecule has 30 heavy (non-hydrogen) atoms. The Bertz CT molecular complexity index is 970. The lowest BCUT2D eigenvalue weighted by Gasteiger charge is -2.38. The van der Waals surface area contributed by atoms with Crippen LogP contribution in [0.5, 0.6) is 11.5 Å². The minimum absolute atomic E-state index is 0.0480. The van der Waals surface area contributed by atoms with Crippen molar-refractivity contribution in [2.75, 3.05) is 20.8 Å². The summed E-state index contributed by atoms with van der Waals surface area (Å²) in [5, 5.41) is 6.07. The number of hydrogen-bond acceptors (Lipinski definition) is 5. The molecule has 0 N–H and O–H groups in total. The number of hydrazone groups is 1. The van der Waals surface area contributed by atoms with Gasteiger partial charge in [-0.1, -0.05) is 43.2 Å². The summed E-state index contributed by atoms with van der Waals surface area (Å²) in [6, 6.07) is 14.7. The second-order valence-corrected chi connectivity index (χ2v) is 7.74. The van der Waals surface area contributed by atoms with Gasteiger partial charge in [-0.05, 0) is 31.0 Å². The lowest BCUT2D eigenvalue weighted by atomic mass is 9.73. The van der Waals surface area contributed by atoms with Crippen molar-refractivity contribution < 1.29 is 19.1 Å². The van der Waals surface area contributed by atoms with Crippen molar-refractivity contribution >= 4 is 17.4 Å². The number of ketones is 1. The topological polar surface area (TPSA) is 68.2 Å². The molecule has 6 heteroatoms. The van der Waals surface area contributed by atoms with E-state index in [4.69, 9.17) is 14.6 Å². The normalized spacial score (nSPS) is 20.9. The molecule has 1 aliphatic carbocycles. The Morgan fingerprint density at radius 1 is 1.00 bits per heavy atom. The molecule has 0 aromatic heterocycles. The molecule has 0 bridgehead atoms. The van der Waals surface area contributed by atoms with Gasteiger partial charge in [0.2, 0.25) is 5.91 Å². The third kappa shape index (κ3) is 3.82. The first-order valence-corrected chi connectivity index (χ1v) is 10.3. The van der Waals surface area contributed by atoms with Gasteiger partial charge in [0, 0.05) is 23.0 Å². The average Bonchev–Trinajstić information content (AvgIpc) is 2.81. The minimum Gasteiger partial charge on any atom is -0.493 e. The van der Waals surface area contributed by atoms with Gasteiger partial charge in [-0.25, -0.2) is 5.01 Å². The van der Waals surface area contributed by atoms with Gasteiger partial charge in [-0.2, -0.15) is 5.10 Å². The van der Waals surface area contributed by atoms with Crippen LogP contribution in [0.2, 0.25) is 0 Å². The van der Waals surface area contributed by atoms with Crippen LogP contribution in [0.25, 0.3) is 0 Å². The molecule has 6 nitrogen and oxygen atoms in total. The Hall–Kier alpha value is -3.15. The SMILES string of the molecule is COc1ccc(C2=NN(CC(=O)c3ccccc3)C(=O)C3CCCCC23)cc1OC. The molecule has 2 unspecified atom stereocenters. The Labute approximate surface area is 176 Å². The monoisotopic (exact) mass is 406 g/mol. The number of Topliss-reactive ketones (excluding diaryl/α,β-unsaturated/α-hetero) is 1. The Morgan fingerprint density at radius 3 is 2.40 bits per heavy atom. The number of amides is 1. The second kappa shape index (κ2) is 8.69. The zero-order valence-corrected chi connectivity index (χ0v) is 17.3. The number of methoxy groups -OCH3 is 2. The molecule has 2 aromatic carbocycles. The number of ether oxygens (including phenoxy) is 2. The molecule has 0 saturated heterocycles. The highest BCUT2D eigenvalue weighted by molar-refractivity contribution is 6.08. The molecule has 1 fully saturated rings. The molecule has 0 spiro atoms. The fraction of sp³-hybridized carbons (Fsp3) is 0.375. The zero-order chi connectivity index (χ0) is 21.1. The summed E-state index contributed by atoms with van der Waals surface area (Å²) < 4.78 is 10.8. The summed E-state index contributed by atoms with van der Waals surface area (Å²) >= 11 is 0. The smallest absolute Gasteiger partial charge is 0.246 e. The van der Waals surface area contributed by atoms with Crippen molar-refractivity contribution in [2.45, 2.75) is 25.7 Å². The molecular weight excluding hydrogens is 380 g/mol. The van der Waals surface area contributed by atoms with E-state index in [0.29, 0.717) is 17.1 Å². The molecular formula is C24H26N2O4. The predicted molar refractivity (Wildman–Crippen MR) is 114 cm³/mol. The largest absolute Gasteiger partial charge is 0.493 e. The van der Waals surface area contributed by atoms with Crippen LogP contribution in [0.3, 0.4) is 0 Å². The molecule has 156 valence electrons. The van der Waals surface area contributed by atoms with Crippen LogP contribution in [0, 0.1) is 11.8 Å². The van der Waals surface area contributed by atoms with Crippen LogP contribution in [0.1, 0.15) is 41.6 Å². The molecule has 4 rings (SSSR count). The van der Waals surface area contributed by atoms with Crippen LogP contribution >= 0.6 is 0 Å². The Kier molecular flexibility index (Phi) is 5.84. The van der Waals surface area contributed by atoms with Crippen LogP contribution in [-0.4, -0.2) is 43.2 Å². The van der Waals surface area contributed by atoms with E-state index in [9.17, 15) is 9.59 Å². The lowest BCUT2D eigenvalue weighted by molar-refractivity contribution is -0.138. The van der Waals surface area contributed by atoms with Crippen molar-refractivity contribution in [2.24, 2.45) is 16.9 Å². The van der Waals surface area contributed by atoms with Gasteiger partial charge in [0.15, 0.2) is 17.3 Å². The zero-order valence-electron chi connectivity index (χ0n) is 17.3. The standard InChI is InChI=1S/C24H26N2O4/c1-29-21-13-12-17(14-22(21)30-2)23-18-10-6-7-11-19(18)24(28)26(25-23)15-20(27)16-8-4-3-5-9-16/h3-5,8-9,12-14,18-19H,6-7,10-11,15H2,1-2H3. The molecule has 1 amide bonds. The summed E-state index contributed by atoms with van der Waals surface area (Å²) in [4.78, 5) is 25.9. The van der Waals surface area contributed by atoms with Crippen molar-refractivity contribution in [1.82, 2.24) is 5.01 Å². The fourth-order valence-electron chi connectivity index (χ4n) is 4.43. The van der Waals surface area contributed by atoms with Crippen molar-refractivity contribution in [1.29, 1.82) is 0 Å². The van der Waals surface area contributed by atoms with E-state index in [0.717, 1.165) is 37.0 Å². The van der Waals surface area contributed by atoms with E-state index in [2.05, 4.69) is 0 Å². The van der Waals surface area contributed by atoms with E-state index in [1.54, 1.807) is 26.4 Å². The van der Waals surface area contributed by atoms with E-state index >= 15 is 0 Å².